The van der Waals surface area contributed by atoms with Gasteiger partial charge in [-0.25, -0.2) is 0 Å². The second kappa shape index (κ2) is 7.10. The molecule has 6 heteroatoms. The van der Waals surface area contributed by atoms with Crippen LogP contribution in [0.4, 0.5) is 0 Å². The molecule has 1 aromatic heterocycles. The number of pyridine rings is 1. The third-order valence-corrected chi connectivity index (χ3v) is 2.82. The fraction of sp³-hybridized carbons (Fsp3) is 0.417. The molecular weight excluding hydrogens is 302 g/mol. The van der Waals surface area contributed by atoms with Crippen molar-refractivity contribution in [3.63, 3.8) is 0 Å². The number of hydrogen-bond acceptors (Lipinski definition) is 5. The van der Waals surface area contributed by atoms with E-state index in [2.05, 4.69) is 20.9 Å². The van der Waals surface area contributed by atoms with E-state index < -0.39 is 17.9 Å². The predicted octanol–water partition coefficient (Wildman–Crippen LogP) is 2.05. The van der Waals surface area contributed by atoms with Gasteiger partial charge in [0, 0.05) is 16.9 Å². The number of nitrogens with zero attached hydrogens (tertiary/aromatic N) is 1. The van der Waals surface area contributed by atoms with Crippen LogP contribution >= 0.6 is 15.9 Å². The lowest BCUT2D eigenvalue weighted by Gasteiger charge is -2.15. The summed E-state index contributed by atoms with van der Waals surface area (Å²) in [6.07, 6.45) is 3.02. The molecule has 0 radical (unpaired) electrons. The SMILES string of the molecule is CCOC(=O)C(C(=O)OCC)c1ccncc1Br. The summed E-state index contributed by atoms with van der Waals surface area (Å²) in [5, 5.41) is 0. The summed E-state index contributed by atoms with van der Waals surface area (Å²) in [4.78, 5) is 27.6. The topological polar surface area (TPSA) is 65.5 Å². The Kier molecular flexibility index (Phi) is 5.77. The standard InChI is InChI=1S/C12H14BrNO4/c1-3-17-11(15)10(12(16)18-4-2)8-5-6-14-7-9(8)13/h5-7,10H,3-4H2,1-2H3. The van der Waals surface area contributed by atoms with E-state index in [4.69, 9.17) is 9.47 Å². The smallest absolute Gasteiger partial charge is 0.324 e. The van der Waals surface area contributed by atoms with Gasteiger partial charge in [0.25, 0.3) is 0 Å². The van der Waals surface area contributed by atoms with E-state index in [1.165, 1.54) is 12.4 Å². The Morgan fingerprint density at radius 1 is 1.28 bits per heavy atom. The van der Waals surface area contributed by atoms with Gasteiger partial charge in [0.1, 0.15) is 0 Å². The highest BCUT2D eigenvalue weighted by Crippen LogP contribution is 2.26. The first-order valence-electron chi connectivity index (χ1n) is 5.54. The number of ether oxygens (including phenoxy) is 2. The summed E-state index contributed by atoms with van der Waals surface area (Å²) < 4.78 is 10.4. The van der Waals surface area contributed by atoms with Crippen LogP contribution in [0.1, 0.15) is 25.3 Å². The molecule has 0 saturated heterocycles. The summed E-state index contributed by atoms with van der Waals surface area (Å²) in [5.74, 6) is -2.33. The minimum atomic E-state index is -1.08. The molecule has 0 atom stereocenters. The number of hydrogen-bond donors (Lipinski definition) is 0. The van der Waals surface area contributed by atoms with Crippen LogP contribution in [-0.4, -0.2) is 30.1 Å². The number of rotatable bonds is 5. The summed E-state index contributed by atoms with van der Waals surface area (Å²) in [7, 11) is 0. The van der Waals surface area contributed by atoms with Gasteiger partial charge in [-0.15, -0.1) is 0 Å². The molecule has 1 aromatic rings. The normalized spacial score (nSPS) is 10.2. The van der Waals surface area contributed by atoms with Crippen molar-refractivity contribution in [2.75, 3.05) is 13.2 Å². The van der Waals surface area contributed by atoms with E-state index >= 15 is 0 Å². The average Bonchev–Trinajstić information content (AvgIpc) is 2.33. The molecule has 1 heterocycles. The second-order valence-corrected chi connectivity index (χ2v) is 4.19. The van der Waals surface area contributed by atoms with Crippen LogP contribution in [0.2, 0.25) is 0 Å². The van der Waals surface area contributed by atoms with Crippen molar-refractivity contribution in [1.82, 2.24) is 4.98 Å². The van der Waals surface area contributed by atoms with Gasteiger partial charge in [0.2, 0.25) is 0 Å². The third kappa shape index (κ3) is 3.53. The van der Waals surface area contributed by atoms with Crippen molar-refractivity contribution in [1.29, 1.82) is 0 Å². The van der Waals surface area contributed by atoms with Crippen LogP contribution in [0.15, 0.2) is 22.9 Å². The number of halogens is 1. The fourth-order valence-electron chi connectivity index (χ4n) is 1.42. The number of aromatic nitrogens is 1. The summed E-state index contributed by atoms with van der Waals surface area (Å²) >= 11 is 3.26. The van der Waals surface area contributed by atoms with Gasteiger partial charge in [-0.2, -0.15) is 0 Å². The van der Waals surface area contributed by atoms with Crippen LogP contribution in [0.5, 0.6) is 0 Å². The Labute approximate surface area is 114 Å². The van der Waals surface area contributed by atoms with Crippen molar-refractivity contribution in [3.05, 3.63) is 28.5 Å². The Hall–Kier alpha value is -1.43. The van der Waals surface area contributed by atoms with Crippen LogP contribution in [0.3, 0.4) is 0 Å². The molecule has 98 valence electrons. The van der Waals surface area contributed by atoms with Gasteiger partial charge >= 0.3 is 11.9 Å². The monoisotopic (exact) mass is 315 g/mol. The fourth-order valence-corrected chi connectivity index (χ4v) is 1.90. The lowest BCUT2D eigenvalue weighted by molar-refractivity contribution is -0.156. The van der Waals surface area contributed by atoms with Gasteiger partial charge in [0.05, 0.1) is 13.2 Å². The first kappa shape index (κ1) is 14.6. The first-order chi connectivity index (χ1) is 8.61. The van der Waals surface area contributed by atoms with Gasteiger partial charge in [0.15, 0.2) is 5.92 Å². The van der Waals surface area contributed by atoms with Crippen LogP contribution in [0.25, 0.3) is 0 Å². The molecule has 0 aliphatic carbocycles. The second-order valence-electron chi connectivity index (χ2n) is 3.33. The molecule has 1 rings (SSSR count). The Morgan fingerprint density at radius 3 is 2.28 bits per heavy atom. The molecule has 0 saturated carbocycles. The van der Waals surface area contributed by atoms with Crippen molar-refractivity contribution < 1.29 is 19.1 Å². The minimum Gasteiger partial charge on any atom is -0.465 e. The molecule has 0 fully saturated rings. The van der Waals surface area contributed by atoms with E-state index in [-0.39, 0.29) is 13.2 Å². The van der Waals surface area contributed by atoms with Crippen LogP contribution < -0.4 is 0 Å². The molecule has 18 heavy (non-hydrogen) atoms. The maximum atomic E-state index is 11.8. The van der Waals surface area contributed by atoms with E-state index in [0.29, 0.717) is 10.0 Å². The number of carbonyl (C=O) groups excluding carboxylic acids is 2. The van der Waals surface area contributed by atoms with E-state index in [1.54, 1.807) is 19.9 Å². The van der Waals surface area contributed by atoms with E-state index in [9.17, 15) is 9.59 Å². The molecule has 0 unspecified atom stereocenters. The summed E-state index contributed by atoms with van der Waals surface area (Å²) in [6, 6.07) is 1.59. The molecule has 0 amide bonds. The highest BCUT2D eigenvalue weighted by molar-refractivity contribution is 9.10. The number of esters is 2. The van der Waals surface area contributed by atoms with Crippen LogP contribution in [0, 0.1) is 0 Å². The van der Waals surface area contributed by atoms with Gasteiger partial charge in [-0.3, -0.25) is 14.6 Å². The molecule has 0 aliphatic heterocycles. The van der Waals surface area contributed by atoms with Gasteiger partial charge in [-0.05, 0) is 41.4 Å². The predicted molar refractivity (Wildman–Crippen MR) is 67.9 cm³/mol. The largest absolute Gasteiger partial charge is 0.465 e. The maximum Gasteiger partial charge on any atom is 0.324 e. The lowest BCUT2D eigenvalue weighted by atomic mass is 10.0. The molecule has 0 aliphatic rings. The zero-order valence-corrected chi connectivity index (χ0v) is 11.8. The lowest BCUT2D eigenvalue weighted by Crippen LogP contribution is -2.26. The van der Waals surface area contributed by atoms with Crippen molar-refractivity contribution >= 4 is 27.9 Å². The average molecular weight is 316 g/mol. The third-order valence-electron chi connectivity index (χ3n) is 2.16. The van der Waals surface area contributed by atoms with Crippen molar-refractivity contribution in [2.45, 2.75) is 19.8 Å². The number of carbonyl (C=O) groups is 2. The van der Waals surface area contributed by atoms with Crippen molar-refractivity contribution in [3.8, 4) is 0 Å². The highest BCUT2D eigenvalue weighted by atomic mass is 79.9. The maximum absolute atomic E-state index is 11.8. The molecule has 0 N–H and O–H groups in total. The van der Waals surface area contributed by atoms with Gasteiger partial charge < -0.3 is 9.47 Å². The molecule has 0 bridgehead atoms. The Bertz CT molecular complexity index is 418. The Morgan fingerprint density at radius 2 is 1.83 bits per heavy atom. The molecular formula is C12H14BrNO4. The zero-order valence-electron chi connectivity index (χ0n) is 10.2. The first-order valence-corrected chi connectivity index (χ1v) is 6.33. The molecule has 0 spiro atoms. The van der Waals surface area contributed by atoms with E-state index in [0.717, 1.165) is 0 Å². The zero-order chi connectivity index (χ0) is 13.5. The summed E-state index contributed by atoms with van der Waals surface area (Å²) in [5.41, 5.74) is 0.488. The highest BCUT2D eigenvalue weighted by Gasteiger charge is 2.32. The van der Waals surface area contributed by atoms with Crippen molar-refractivity contribution in [2.24, 2.45) is 0 Å². The minimum absolute atomic E-state index is 0.206. The van der Waals surface area contributed by atoms with Gasteiger partial charge in [-0.1, -0.05) is 0 Å². The molecule has 0 aromatic carbocycles. The van der Waals surface area contributed by atoms with Crippen LogP contribution in [-0.2, 0) is 19.1 Å². The summed E-state index contributed by atoms with van der Waals surface area (Å²) in [6.45, 7) is 3.78. The Balaban J connectivity index is 3.08. The van der Waals surface area contributed by atoms with E-state index in [1.807, 2.05) is 0 Å². The quantitative estimate of drug-likeness (QED) is 0.614. The molecule has 5 nitrogen and oxygen atoms in total.